The molecule has 6 nitrogen and oxygen atoms in total. The van der Waals surface area contributed by atoms with Gasteiger partial charge in [0.1, 0.15) is 6.04 Å². The first-order valence-corrected chi connectivity index (χ1v) is 6.95. The van der Waals surface area contributed by atoms with Crippen LogP contribution in [0.2, 0.25) is 0 Å². The van der Waals surface area contributed by atoms with Crippen LogP contribution in [0.25, 0.3) is 0 Å². The van der Waals surface area contributed by atoms with E-state index in [0.717, 1.165) is 0 Å². The molecule has 0 spiro atoms. The van der Waals surface area contributed by atoms with Crippen LogP contribution in [-0.4, -0.2) is 40.9 Å². The normalized spacial score (nSPS) is 12.5. The molecule has 106 valence electrons. The molecule has 1 unspecified atom stereocenters. The van der Waals surface area contributed by atoms with Gasteiger partial charge in [-0.2, -0.15) is 0 Å². The number of H-pyrrole nitrogens is 1. The number of esters is 1. The zero-order valence-corrected chi connectivity index (χ0v) is 12.3. The third-order valence-corrected chi connectivity index (χ3v) is 3.22. The molecule has 0 aliphatic carbocycles. The van der Waals surface area contributed by atoms with E-state index in [1.54, 1.807) is 6.92 Å². The van der Waals surface area contributed by atoms with Crippen molar-refractivity contribution in [3.05, 3.63) is 22.1 Å². The van der Waals surface area contributed by atoms with E-state index in [0.29, 0.717) is 16.6 Å². The molecule has 0 saturated carbocycles. The van der Waals surface area contributed by atoms with Gasteiger partial charge in [0.2, 0.25) is 0 Å². The molecule has 0 aliphatic heterocycles. The van der Waals surface area contributed by atoms with Crippen molar-refractivity contribution in [1.29, 1.82) is 0 Å². The Hall–Kier alpha value is -1.34. The van der Waals surface area contributed by atoms with Gasteiger partial charge in [0.25, 0.3) is 5.56 Å². The summed E-state index contributed by atoms with van der Waals surface area (Å²) in [5.41, 5.74) is 0.458. The van der Waals surface area contributed by atoms with Crippen LogP contribution in [0.15, 0.2) is 16.0 Å². The van der Waals surface area contributed by atoms with Crippen molar-refractivity contribution in [3.8, 4) is 0 Å². The van der Waals surface area contributed by atoms with E-state index in [1.807, 2.05) is 13.8 Å². The first-order chi connectivity index (χ1) is 8.92. The van der Waals surface area contributed by atoms with Crippen LogP contribution in [0.5, 0.6) is 0 Å². The number of rotatable bonds is 6. The average Bonchev–Trinajstić information content (AvgIpc) is 2.31. The maximum absolute atomic E-state index is 11.6. The van der Waals surface area contributed by atoms with E-state index in [2.05, 4.69) is 15.3 Å². The number of nitrogens with one attached hydrogen (secondary N) is 2. The Kier molecular flexibility index (Phi) is 6.04. The van der Waals surface area contributed by atoms with E-state index in [1.165, 1.54) is 24.9 Å². The summed E-state index contributed by atoms with van der Waals surface area (Å²) in [4.78, 5) is 29.7. The van der Waals surface area contributed by atoms with Gasteiger partial charge in [0.15, 0.2) is 5.16 Å². The fourth-order valence-corrected chi connectivity index (χ4v) is 2.45. The van der Waals surface area contributed by atoms with Gasteiger partial charge in [-0.25, -0.2) is 4.98 Å². The van der Waals surface area contributed by atoms with Gasteiger partial charge in [0, 0.05) is 23.6 Å². The molecule has 1 rings (SSSR count). The molecular formula is C12H19N3O3S. The Bertz CT molecular complexity index is 487. The van der Waals surface area contributed by atoms with Gasteiger partial charge in [-0.3, -0.25) is 9.59 Å². The van der Waals surface area contributed by atoms with Gasteiger partial charge in [-0.15, -0.1) is 0 Å². The number of hydrogen-bond acceptors (Lipinski definition) is 6. The Balaban J connectivity index is 2.69. The van der Waals surface area contributed by atoms with E-state index in [4.69, 9.17) is 4.74 Å². The second-order valence-corrected chi connectivity index (χ2v) is 5.41. The molecule has 0 amide bonds. The molecule has 7 heteroatoms. The summed E-state index contributed by atoms with van der Waals surface area (Å²) in [7, 11) is 1.36. The largest absolute Gasteiger partial charge is 0.468 e. The Morgan fingerprint density at radius 3 is 2.79 bits per heavy atom. The summed E-state index contributed by atoms with van der Waals surface area (Å²) in [6.45, 7) is 5.66. The average molecular weight is 285 g/mol. The molecule has 1 aromatic heterocycles. The van der Waals surface area contributed by atoms with Crippen molar-refractivity contribution in [2.75, 3.05) is 12.9 Å². The number of methoxy groups -OCH3 is 1. The van der Waals surface area contributed by atoms with Gasteiger partial charge in [-0.05, 0) is 6.92 Å². The number of hydrogen-bond donors (Lipinski definition) is 2. The standard InChI is InChI=1S/C12H19N3O3S/c1-7(2)13-9(11(17)18-4)6-19-12-14-8(3)5-10(16)15-12/h5,7,9,13H,6H2,1-4H3,(H,14,15,16). The summed E-state index contributed by atoms with van der Waals surface area (Å²) in [5.74, 6) is 0.119. The van der Waals surface area contributed by atoms with Crippen LogP contribution in [0.4, 0.5) is 0 Å². The number of aryl methyl sites for hydroxylation is 1. The van der Waals surface area contributed by atoms with Crippen molar-refractivity contribution in [3.63, 3.8) is 0 Å². The minimum atomic E-state index is -0.430. The Morgan fingerprint density at radius 1 is 1.58 bits per heavy atom. The lowest BCUT2D eigenvalue weighted by atomic mass is 10.3. The highest BCUT2D eigenvalue weighted by Crippen LogP contribution is 2.13. The molecule has 0 aliphatic rings. The van der Waals surface area contributed by atoms with E-state index in [-0.39, 0.29) is 17.6 Å². The van der Waals surface area contributed by atoms with Crippen LogP contribution in [0.1, 0.15) is 19.5 Å². The summed E-state index contributed by atoms with van der Waals surface area (Å²) in [5, 5.41) is 3.62. The van der Waals surface area contributed by atoms with Crippen molar-refractivity contribution in [1.82, 2.24) is 15.3 Å². The highest BCUT2D eigenvalue weighted by atomic mass is 32.2. The SMILES string of the molecule is COC(=O)C(CSc1nc(C)cc(=O)[nH]1)NC(C)C. The molecule has 0 radical (unpaired) electrons. The van der Waals surface area contributed by atoms with E-state index >= 15 is 0 Å². The highest BCUT2D eigenvalue weighted by molar-refractivity contribution is 7.99. The number of carbonyl (C=O) groups excluding carboxylic acids is 1. The second-order valence-electron chi connectivity index (χ2n) is 4.40. The van der Waals surface area contributed by atoms with Gasteiger partial charge >= 0.3 is 5.97 Å². The maximum Gasteiger partial charge on any atom is 0.323 e. The zero-order valence-electron chi connectivity index (χ0n) is 11.5. The molecule has 19 heavy (non-hydrogen) atoms. The maximum atomic E-state index is 11.6. The third kappa shape index (κ3) is 5.44. The van der Waals surface area contributed by atoms with Crippen LogP contribution >= 0.6 is 11.8 Å². The molecule has 1 heterocycles. The molecule has 1 atom stereocenters. The van der Waals surface area contributed by atoms with Crippen LogP contribution in [0.3, 0.4) is 0 Å². The minimum Gasteiger partial charge on any atom is -0.468 e. The minimum absolute atomic E-state index is 0.161. The Morgan fingerprint density at radius 2 is 2.26 bits per heavy atom. The van der Waals surface area contributed by atoms with Crippen LogP contribution in [-0.2, 0) is 9.53 Å². The molecule has 0 fully saturated rings. The highest BCUT2D eigenvalue weighted by Gasteiger charge is 2.20. The van der Waals surface area contributed by atoms with E-state index in [9.17, 15) is 9.59 Å². The number of aromatic amines is 1. The lowest BCUT2D eigenvalue weighted by molar-refractivity contribution is -0.142. The van der Waals surface area contributed by atoms with Crippen molar-refractivity contribution in [2.24, 2.45) is 0 Å². The monoisotopic (exact) mass is 285 g/mol. The molecule has 0 aromatic carbocycles. The summed E-state index contributed by atoms with van der Waals surface area (Å²) < 4.78 is 4.74. The first kappa shape index (κ1) is 15.7. The fraction of sp³-hybridized carbons (Fsp3) is 0.583. The number of ether oxygens (including phenoxy) is 1. The predicted octanol–water partition coefficient (Wildman–Crippen LogP) is 0.710. The summed E-state index contributed by atoms with van der Waals surface area (Å²) in [6.07, 6.45) is 0. The smallest absolute Gasteiger partial charge is 0.323 e. The number of nitrogens with zero attached hydrogens (tertiary/aromatic N) is 1. The van der Waals surface area contributed by atoms with Crippen molar-refractivity contribution >= 4 is 17.7 Å². The number of aromatic nitrogens is 2. The second kappa shape index (κ2) is 7.30. The third-order valence-electron chi connectivity index (χ3n) is 2.25. The molecular weight excluding hydrogens is 266 g/mol. The van der Waals surface area contributed by atoms with Crippen molar-refractivity contribution < 1.29 is 9.53 Å². The van der Waals surface area contributed by atoms with Crippen LogP contribution in [0, 0.1) is 6.92 Å². The number of thioether (sulfide) groups is 1. The molecule has 1 aromatic rings. The quantitative estimate of drug-likeness (QED) is 0.455. The van der Waals surface area contributed by atoms with Gasteiger partial charge in [-0.1, -0.05) is 25.6 Å². The summed E-state index contributed by atoms with van der Waals surface area (Å²) >= 11 is 1.31. The summed E-state index contributed by atoms with van der Waals surface area (Å²) in [6, 6.07) is 1.16. The van der Waals surface area contributed by atoms with Crippen LogP contribution < -0.4 is 10.9 Å². The topological polar surface area (TPSA) is 84.1 Å². The predicted molar refractivity (Wildman–Crippen MR) is 74.4 cm³/mol. The first-order valence-electron chi connectivity index (χ1n) is 5.97. The molecule has 0 bridgehead atoms. The van der Waals surface area contributed by atoms with Gasteiger partial charge in [0.05, 0.1) is 7.11 Å². The lowest BCUT2D eigenvalue weighted by Crippen LogP contribution is -2.43. The Labute approximate surface area is 116 Å². The fourth-order valence-electron chi connectivity index (χ4n) is 1.51. The molecule has 0 saturated heterocycles. The van der Waals surface area contributed by atoms with Gasteiger partial charge < -0.3 is 15.0 Å². The zero-order chi connectivity index (χ0) is 14.4. The molecule has 2 N–H and O–H groups in total. The number of carbonyl (C=O) groups is 1. The lowest BCUT2D eigenvalue weighted by Gasteiger charge is -2.18. The van der Waals surface area contributed by atoms with Crippen molar-refractivity contribution in [2.45, 2.75) is 38.0 Å². The van der Waals surface area contributed by atoms with E-state index < -0.39 is 6.04 Å².